The van der Waals surface area contributed by atoms with Crippen LogP contribution in [0, 0.1) is 5.92 Å². The molecule has 3 heteroatoms. The number of Topliss-reactive ketones (excluding diaryl/α,β-unsaturated/α-hetero) is 1. The number of carbonyl (C=O) groups excluding carboxylic acids is 1. The molecule has 0 aromatic heterocycles. The molecule has 0 saturated heterocycles. The first-order valence-corrected chi connectivity index (χ1v) is 7.44. The molecular weight excluding hydrogens is 252 g/mol. The molecule has 0 aliphatic heterocycles. The summed E-state index contributed by atoms with van der Waals surface area (Å²) in [6.07, 6.45) is 5.46. The monoisotopic (exact) mass is 276 g/mol. The summed E-state index contributed by atoms with van der Waals surface area (Å²) >= 11 is 0. The fourth-order valence-electron chi connectivity index (χ4n) is 2.28. The number of carbonyl (C=O) groups is 2. The SMILES string of the molecule is CCCCCCC(=O)C(CCc1ccccc1)C(=O)O. The Morgan fingerprint density at radius 3 is 2.40 bits per heavy atom. The second-order valence-electron chi connectivity index (χ2n) is 5.19. The van der Waals surface area contributed by atoms with Crippen LogP contribution in [0.4, 0.5) is 0 Å². The lowest BCUT2D eigenvalue weighted by atomic mass is 9.92. The van der Waals surface area contributed by atoms with Crippen molar-refractivity contribution in [3.63, 3.8) is 0 Å². The van der Waals surface area contributed by atoms with Gasteiger partial charge in [-0.15, -0.1) is 0 Å². The first kappa shape index (κ1) is 16.4. The molecule has 0 radical (unpaired) electrons. The summed E-state index contributed by atoms with van der Waals surface area (Å²) in [6.45, 7) is 2.11. The fraction of sp³-hybridized carbons (Fsp3) is 0.529. The number of hydrogen-bond donors (Lipinski definition) is 1. The van der Waals surface area contributed by atoms with Gasteiger partial charge in [0.15, 0.2) is 0 Å². The van der Waals surface area contributed by atoms with Crippen LogP contribution in [0.3, 0.4) is 0 Å². The van der Waals surface area contributed by atoms with Gasteiger partial charge >= 0.3 is 5.97 Å². The van der Waals surface area contributed by atoms with Gasteiger partial charge in [0.25, 0.3) is 0 Å². The molecule has 0 saturated carbocycles. The van der Waals surface area contributed by atoms with Gasteiger partial charge < -0.3 is 5.11 Å². The van der Waals surface area contributed by atoms with E-state index in [0.29, 0.717) is 19.3 Å². The van der Waals surface area contributed by atoms with Gasteiger partial charge in [0.1, 0.15) is 11.7 Å². The smallest absolute Gasteiger partial charge is 0.314 e. The van der Waals surface area contributed by atoms with E-state index in [1.807, 2.05) is 30.3 Å². The molecule has 1 aromatic carbocycles. The third-order valence-electron chi connectivity index (χ3n) is 3.53. The summed E-state index contributed by atoms with van der Waals surface area (Å²) in [5.41, 5.74) is 1.08. The summed E-state index contributed by atoms with van der Waals surface area (Å²) in [5, 5.41) is 9.20. The Kier molecular flexibility index (Phi) is 7.63. The third-order valence-corrected chi connectivity index (χ3v) is 3.53. The highest BCUT2D eigenvalue weighted by Crippen LogP contribution is 2.15. The average molecular weight is 276 g/mol. The van der Waals surface area contributed by atoms with E-state index < -0.39 is 11.9 Å². The van der Waals surface area contributed by atoms with Crippen molar-refractivity contribution in [2.24, 2.45) is 5.92 Å². The number of carboxylic acid groups (broad SMARTS) is 1. The van der Waals surface area contributed by atoms with E-state index in [1.165, 1.54) is 0 Å². The summed E-state index contributed by atoms with van der Waals surface area (Å²) in [4.78, 5) is 23.2. The van der Waals surface area contributed by atoms with Crippen LogP contribution in [-0.4, -0.2) is 16.9 Å². The van der Waals surface area contributed by atoms with Crippen molar-refractivity contribution in [3.8, 4) is 0 Å². The van der Waals surface area contributed by atoms with E-state index in [-0.39, 0.29) is 5.78 Å². The predicted molar refractivity (Wildman–Crippen MR) is 79.7 cm³/mol. The van der Waals surface area contributed by atoms with Crippen molar-refractivity contribution in [1.82, 2.24) is 0 Å². The number of aryl methyl sites for hydroxylation is 1. The van der Waals surface area contributed by atoms with Crippen LogP contribution < -0.4 is 0 Å². The van der Waals surface area contributed by atoms with Crippen molar-refractivity contribution in [2.75, 3.05) is 0 Å². The number of unbranched alkanes of at least 4 members (excludes halogenated alkanes) is 3. The Labute approximate surface area is 121 Å². The zero-order valence-electron chi connectivity index (χ0n) is 12.2. The van der Waals surface area contributed by atoms with Crippen molar-refractivity contribution >= 4 is 11.8 Å². The van der Waals surface area contributed by atoms with Crippen LogP contribution in [0.1, 0.15) is 51.0 Å². The van der Waals surface area contributed by atoms with Crippen molar-refractivity contribution in [1.29, 1.82) is 0 Å². The molecule has 0 heterocycles. The van der Waals surface area contributed by atoms with E-state index >= 15 is 0 Å². The Morgan fingerprint density at radius 2 is 1.80 bits per heavy atom. The highest BCUT2D eigenvalue weighted by molar-refractivity contribution is 5.98. The molecule has 20 heavy (non-hydrogen) atoms. The molecule has 1 aromatic rings. The van der Waals surface area contributed by atoms with E-state index in [2.05, 4.69) is 6.92 Å². The maximum Gasteiger partial charge on any atom is 0.314 e. The Morgan fingerprint density at radius 1 is 1.10 bits per heavy atom. The molecule has 0 aliphatic rings. The summed E-state index contributed by atoms with van der Waals surface area (Å²) in [5.74, 6) is -1.96. The number of carboxylic acids is 1. The van der Waals surface area contributed by atoms with Crippen LogP contribution in [0.5, 0.6) is 0 Å². The molecule has 0 aliphatic carbocycles. The molecular formula is C17H24O3. The van der Waals surface area contributed by atoms with Gasteiger partial charge in [0, 0.05) is 6.42 Å². The number of hydrogen-bond acceptors (Lipinski definition) is 2. The quantitative estimate of drug-likeness (QED) is 0.521. The maximum absolute atomic E-state index is 12.0. The molecule has 110 valence electrons. The van der Waals surface area contributed by atoms with Crippen LogP contribution in [0.2, 0.25) is 0 Å². The fourth-order valence-corrected chi connectivity index (χ4v) is 2.28. The zero-order chi connectivity index (χ0) is 14.8. The average Bonchev–Trinajstić information content (AvgIpc) is 2.44. The van der Waals surface area contributed by atoms with E-state index in [1.54, 1.807) is 0 Å². The minimum atomic E-state index is -0.985. The van der Waals surface area contributed by atoms with Gasteiger partial charge in [-0.2, -0.15) is 0 Å². The number of aliphatic carboxylic acids is 1. The summed E-state index contributed by atoms with van der Waals surface area (Å²) < 4.78 is 0. The van der Waals surface area contributed by atoms with Crippen molar-refractivity contribution in [3.05, 3.63) is 35.9 Å². The normalized spacial score (nSPS) is 12.1. The first-order chi connectivity index (χ1) is 9.65. The topological polar surface area (TPSA) is 54.4 Å². The second kappa shape index (κ2) is 9.29. The first-order valence-electron chi connectivity index (χ1n) is 7.44. The number of rotatable bonds is 10. The van der Waals surface area contributed by atoms with Crippen LogP contribution in [0.15, 0.2) is 30.3 Å². The van der Waals surface area contributed by atoms with Gasteiger partial charge in [-0.1, -0.05) is 56.5 Å². The standard InChI is InChI=1S/C17H24O3/c1-2-3-4-8-11-16(18)15(17(19)20)13-12-14-9-6-5-7-10-14/h5-7,9-10,15H,2-4,8,11-13H2,1H3,(H,19,20). The largest absolute Gasteiger partial charge is 0.481 e. The van der Waals surface area contributed by atoms with Crippen LogP contribution >= 0.6 is 0 Å². The third kappa shape index (κ3) is 6.00. The molecule has 1 unspecified atom stereocenters. The molecule has 0 spiro atoms. The van der Waals surface area contributed by atoms with Gasteiger partial charge in [-0.3, -0.25) is 9.59 Å². The lowest BCUT2D eigenvalue weighted by Crippen LogP contribution is -2.24. The van der Waals surface area contributed by atoms with Crippen LogP contribution in [-0.2, 0) is 16.0 Å². The van der Waals surface area contributed by atoms with Crippen LogP contribution in [0.25, 0.3) is 0 Å². The number of ketones is 1. The zero-order valence-corrected chi connectivity index (χ0v) is 12.2. The van der Waals surface area contributed by atoms with Gasteiger partial charge in [-0.25, -0.2) is 0 Å². The lowest BCUT2D eigenvalue weighted by molar-refractivity contribution is -0.146. The van der Waals surface area contributed by atoms with E-state index in [4.69, 9.17) is 0 Å². The Balaban J connectivity index is 2.43. The summed E-state index contributed by atoms with van der Waals surface area (Å²) in [6, 6.07) is 9.71. The summed E-state index contributed by atoms with van der Waals surface area (Å²) in [7, 11) is 0. The van der Waals surface area contributed by atoms with Crippen molar-refractivity contribution < 1.29 is 14.7 Å². The molecule has 0 bridgehead atoms. The second-order valence-corrected chi connectivity index (χ2v) is 5.19. The number of benzene rings is 1. The van der Waals surface area contributed by atoms with E-state index in [0.717, 1.165) is 31.2 Å². The molecule has 1 N–H and O–H groups in total. The molecule has 1 rings (SSSR count). The Bertz CT molecular complexity index is 412. The minimum Gasteiger partial charge on any atom is -0.481 e. The Hall–Kier alpha value is -1.64. The van der Waals surface area contributed by atoms with E-state index in [9.17, 15) is 14.7 Å². The molecule has 3 nitrogen and oxygen atoms in total. The molecule has 0 fully saturated rings. The maximum atomic E-state index is 12.0. The van der Waals surface area contributed by atoms with Gasteiger partial charge in [0.05, 0.1) is 0 Å². The highest BCUT2D eigenvalue weighted by Gasteiger charge is 2.24. The highest BCUT2D eigenvalue weighted by atomic mass is 16.4. The minimum absolute atomic E-state index is 0.121. The molecule has 1 atom stereocenters. The van der Waals surface area contributed by atoms with Crippen molar-refractivity contribution in [2.45, 2.75) is 51.9 Å². The predicted octanol–water partition coefficient (Wildman–Crippen LogP) is 3.86. The lowest BCUT2D eigenvalue weighted by Gasteiger charge is -2.11. The molecule has 0 amide bonds. The van der Waals surface area contributed by atoms with Gasteiger partial charge in [-0.05, 0) is 24.8 Å². The van der Waals surface area contributed by atoms with Gasteiger partial charge in [0.2, 0.25) is 0 Å².